The highest BCUT2D eigenvalue weighted by atomic mass is 35.5. The molecule has 0 aliphatic heterocycles. The van der Waals surface area contributed by atoms with E-state index in [2.05, 4.69) is 10.5 Å². The van der Waals surface area contributed by atoms with Crippen LogP contribution in [-0.2, 0) is 4.79 Å². The first-order valence-corrected chi connectivity index (χ1v) is 7.84. The van der Waals surface area contributed by atoms with E-state index < -0.39 is 12.0 Å². The molecule has 2 rings (SSSR count). The first-order valence-electron chi connectivity index (χ1n) is 7.08. The second-order valence-corrected chi connectivity index (χ2v) is 5.69. The van der Waals surface area contributed by atoms with Crippen molar-refractivity contribution in [2.75, 3.05) is 7.11 Å². The highest BCUT2D eigenvalue weighted by molar-refractivity contribution is 6.35. The summed E-state index contributed by atoms with van der Waals surface area (Å²) in [4.78, 5) is 12.0. The number of ether oxygens (including phenoxy) is 2. The minimum atomic E-state index is -0.767. The minimum Gasteiger partial charge on any atom is -0.497 e. The molecule has 1 unspecified atom stereocenters. The Morgan fingerprint density at radius 3 is 2.54 bits per heavy atom. The van der Waals surface area contributed by atoms with Crippen molar-refractivity contribution in [3.63, 3.8) is 0 Å². The van der Waals surface area contributed by atoms with E-state index in [1.165, 1.54) is 6.21 Å². The maximum absolute atomic E-state index is 12.0. The maximum atomic E-state index is 12.0. The number of hydrazone groups is 1. The van der Waals surface area contributed by atoms with Crippen LogP contribution < -0.4 is 14.9 Å². The summed E-state index contributed by atoms with van der Waals surface area (Å²) in [5, 5.41) is 4.73. The lowest BCUT2D eigenvalue weighted by atomic mass is 10.2. The van der Waals surface area contributed by atoms with Gasteiger partial charge in [0.2, 0.25) is 0 Å². The molecule has 5 nitrogen and oxygen atoms in total. The summed E-state index contributed by atoms with van der Waals surface area (Å²) in [6.45, 7) is 1.60. The molecule has 1 atom stereocenters. The largest absolute Gasteiger partial charge is 0.497 e. The van der Waals surface area contributed by atoms with Crippen LogP contribution in [-0.4, -0.2) is 25.3 Å². The van der Waals surface area contributed by atoms with Crippen molar-refractivity contribution in [2.24, 2.45) is 5.10 Å². The lowest BCUT2D eigenvalue weighted by Gasteiger charge is -2.14. The minimum absolute atomic E-state index is 0.337. The quantitative estimate of drug-likeness (QED) is 0.622. The number of methoxy groups -OCH3 is 1. The standard InChI is InChI=1S/C17H16Cl2N2O3/c1-11(24-16-8-5-13(18)9-15(16)19)17(22)21-20-10-12-3-6-14(23-2)7-4-12/h3-11H,1-2H3,(H,21,22). The summed E-state index contributed by atoms with van der Waals surface area (Å²) in [7, 11) is 1.59. The van der Waals surface area contributed by atoms with Gasteiger partial charge in [0.15, 0.2) is 6.10 Å². The number of benzene rings is 2. The van der Waals surface area contributed by atoms with Crippen LogP contribution >= 0.6 is 23.2 Å². The SMILES string of the molecule is COc1ccc(C=NNC(=O)C(C)Oc2ccc(Cl)cc2Cl)cc1. The van der Waals surface area contributed by atoms with E-state index in [0.717, 1.165) is 11.3 Å². The second kappa shape index (κ2) is 8.57. The number of nitrogens with one attached hydrogen (secondary N) is 1. The molecule has 0 bridgehead atoms. The summed E-state index contributed by atoms with van der Waals surface area (Å²) in [6, 6.07) is 12.0. The van der Waals surface area contributed by atoms with Gasteiger partial charge in [-0.15, -0.1) is 0 Å². The number of carbonyl (C=O) groups is 1. The molecular formula is C17H16Cl2N2O3. The molecule has 1 amide bonds. The maximum Gasteiger partial charge on any atom is 0.280 e. The van der Waals surface area contributed by atoms with Crippen molar-refractivity contribution in [1.29, 1.82) is 0 Å². The number of amides is 1. The third-order valence-electron chi connectivity index (χ3n) is 3.07. The van der Waals surface area contributed by atoms with E-state index in [1.54, 1.807) is 44.4 Å². The Morgan fingerprint density at radius 2 is 1.92 bits per heavy atom. The fourth-order valence-electron chi connectivity index (χ4n) is 1.77. The topological polar surface area (TPSA) is 59.9 Å². The number of hydrogen-bond acceptors (Lipinski definition) is 4. The van der Waals surface area contributed by atoms with Gasteiger partial charge in [-0.1, -0.05) is 23.2 Å². The summed E-state index contributed by atoms with van der Waals surface area (Å²) in [5.74, 6) is 0.728. The third kappa shape index (κ3) is 5.15. The zero-order valence-electron chi connectivity index (χ0n) is 13.1. The van der Waals surface area contributed by atoms with Crippen LogP contribution in [0.2, 0.25) is 10.0 Å². The highest BCUT2D eigenvalue weighted by Crippen LogP contribution is 2.28. The molecule has 2 aromatic rings. The van der Waals surface area contributed by atoms with Gasteiger partial charge >= 0.3 is 0 Å². The number of nitrogens with zero attached hydrogens (tertiary/aromatic N) is 1. The summed E-state index contributed by atoms with van der Waals surface area (Å²) >= 11 is 11.8. The second-order valence-electron chi connectivity index (χ2n) is 4.84. The molecule has 0 heterocycles. The first-order chi connectivity index (χ1) is 11.5. The van der Waals surface area contributed by atoms with E-state index in [9.17, 15) is 4.79 Å². The zero-order chi connectivity index (χ0) is 17.5. The number of carbonyl (C=O) groups excluding carboxylic acids is 1. The lowest BCUT2D eigenvalue weighted by Crippen LogP contribution is -2.33. The summed E-state index contributed by atoms with van der Waals surface area (Å²) < 4.78 is 10.6. The Balaban J connectivity index is 1.89. The Labute approximate surface area is 150 Å². The van der Waals surface area contributed by atoms with Crippen LogP contribution in [0.15, 0.2) is 47.6 Å². The third-order valence-corrected chi connectivity index (χ3v) is 3.60. The van der Waals surface area contributed by atoms with E-state index in [-0.39, 0.29) is 0 Å². The zero-order valence-corrected chi connectivity index (χ0v) is 14.6. The summed E-state index contributed by atoms with van der Waals surface area (Å²) in [5.41, 5.74) is 3.24. The van der Waals surface area contributed by atoms with Gasteiger partial charge in [0.05, 0.1) is 18.3 Å². The van der Waals surface area contributed by atoms with Gasteiger partial charge in [-0.3, -0.25) is 4.79 Å². The smallest absolute Gasteiger partial charge is 0.280 e. The van der Waals surface area contributed by atoms with Crippen molar-refractivity contribution in [2.45, 2.75) is 13.0 Å². The van der Waals surface area contributed by atoms with Crippen LogP contribution in [0.5, 0.6) is 11.5 Å². The molecular weight excluding hydrogens is 351 g/mol. The molecule has 126 valence electrons. The van der Waals surface area contributed by atoms with Crippen LogP contribution in [0, 0.1) is 0 Å². The lowest BCUT2D eigenvalue weighted by molar-refractivity contribution is -0.127. The van der Waals surface area contributed by atoms with E-state index >= 15 is 0 Å². The predicted molar refractivity (Wildman–Crippen MR) is 95.3 cm³/mol. The van der Waals surface area contributed by atoms with Gasteiger partial charge in [-0.05, 0) is 55.0 Å². The molecule has 1 N–H and O–H groups in total. The Kier molecular flexibility index (Phi) is 6.46. The Morgan fingerprint density at radius 1 is 1.21 bits per heavy atom. The average Bonchev–Trinajstić information content (AvgIpc) is 2.57. The normalized spacial score (nSPS) is 12.0. The first kappa shape index (κ1) is 18.1. The molecule has 0 aliphatic carbocycles. The van der Waals surface area contributed by atoms with Gasteiger partial charge in [-0.2, -0.15) is 5.10 Å². The van der Waals surface area contributed by atoms with Crippen LogP contribution in [0.3, 0.4) is 0 Å². The van der Waals surface area contributed by atoms with E-state index in [4.69, 9.17) is 32.7 Å². The molecule has 2 aromatic carbocycles. The highest BCUT2D eigenvalue weighted by Gasteiger charge is 2.15. The molecule has 0 spiro atoms. The van der Waals surface area contributed by atoms with E-state index in [1.807, 2.05) is 12.1 Å². The van der Waals surface area contributed by atoms with Gasteiger partial charge < -0.3 is 9.47 Å². The van der Waals surface area contributed by atoms with Crippen LogP contribution in [0.4, 0.5) is 0 Å². The van der Waals surface area contributed by atoms with Crippen LogP contribution in [0.25, 0.3) is 0 Å². The predicted octanol–water partition coefficient (Wildman–Crippen LogP) is 3.92. The Bertz CT molecular complexity index is 733. The number of rotatable bonds is 6. The molecule has 0 saturated heterocycles. The van der Waals surface area contributed by atoms with Gasteiger partial charge in [0, 0.05) is 5.02 Å². The van der Waals surface area contributed by atoms with Crippen molar-refractivity contribution in [3.05, 3.63) is 58.1 Å². The van der Waals surface area contributed by atoms with Gasteiger partial charge in [0.25, 0.3) is 5.91 Å². The fourth-order valence-corrected chi connectivity index (χ4v) is 2.22. The molecule has 24 heavy (non-hydrogen) atoms. The molecule has 0 radical (unpaired) electrons. The van der Waals surface area contributed by atoms with Crippen molar-refractivity contribution < 1.29 is 14.3 Å². The summed E-state index contributed by atoms with van der Waals surface area (Å²) in [6.07, 6.45) is 0.760. The number of halogens is 2. The molecule has 7 heteroatoms. The molecule has 0 fully saturated rings. The van der Waals surface area contributed by atoms with Gasteiger partial charge in [0.1, 0.15) is 11.5 Å². The monoisotopic (exact) mass is 366 g/mol. The van der Waals surface area contributed by atoms with E-state index in [0.29, 0.717) is 15.8 Å². The van der Waals surface area contributed by atoms with Crippen molar-refractivity contribution >= 4 is 35.3 Å². The van der Waals surface area contributed by atoms with Crippen molar-refractivity contribution in [1.82, 2.24) is 5.43 Å². The van der Waals surface area contributed by atoms with Gasteiger partial charge in [-0.25, -0.2) is 5.43 Å². The number of hydrogen-bond donors (Lipinski definition) is 1. The molecule has 0 aromatic heterocycles. The van der Waals surface area contributed by atoms with Crippen LogP contribution in [0.1, 0.15) is 12.5 Å². The average molecular weight is 367 g/mol. The Hall–Kier alpha value is -2.24. The fraction of sp³-hybridized carbons (Fsp3) is 0.176. The van der Waals surface area contributed by atoms with Crippen molar-refractivity contribution in [3.8, 4) is 11.5 Å². The molecule has 0 saturated carbocycles. The molecule has 0 aliphatic rings.